The molecular weight excluding hydrogens is 260 g/mol. The highest BCUT2D eigenvalue weighted by Gasteiger charge is 2.25. The number of nitrogens with zero attached hydrogens (tertiary/aromatic N) is 1. The summed E-state index contributed by atoms with van der Waals surface area (Å²) < 4.78 is 5.49. The molecule has 1 saturated heterocycles. The zero-order chi connectivity index (χ0) is 13.8. The topological polar surface area (TPSA) is 55.6 Å². The summed E-state index contributed by atoms with van der Waals surface area (Å²) in [5.74, 6) is 0.728. The van der Waals surface area contributed by atoms with Crippen molar-refractivity contribution in [2.24, 2.45) is 0 Å². The molecule has 1 fully saturated rings. The lowest BCUT2D eigenvalue weighted by molar-refractivity contribution is -0.133. The van der Waals surface area contributed by atoms with Crippen molar-refractivity contribution in [1.82, 2.24) is 4.90 Å². The predicted octanol–water partition coefficient (Wildman–Crippen LogP) is 2.00. The van der Waals surface area contributed by atoms with E-state index in [1.54, 1.807) is 24.3 Å². The first-order valence-electron chi connectivity index (χ1n) is 6.46. The average Bonchev–Trinajstić information content (AvgIpc) is 2.36. The van der Waals surface area contributed by atoms with Gasteiger partial charge < -0.3 is 15.4 Å². The van der Waals surface area contributed by atoms with Crippen LogP contribution >= 0.6 is 11.8 Å². The van der Waals surface area contributed by atoms with Crippen molar-refractivity contribution in [3.05, 3.63) is 24.3 Å². The van der Waals surface area contributed by atoms with Crippen LogP contribution in [0.25, 0.3) is 0 Å². The van der Waals surface area contributed by atoms with E-state index in [1.165, 1.54) is 0 Å². The SMILES string of the molecule is CC1CN(C(=O)COc2ccc(N)cc2)CC(C)S1. The van der Waals surface area contributed by atoms with Crippen molar-refractivity contribution in [3.8, 4) is 5.75 Å². The van der Waals surface area contributed by atoms with Crippen LogP contribution in [0.2, 0.25) is 0 Å². The number of hydrogen-bond donors (Lipinski definition) is 1. The number of carbonyl (C=O) groups excluding carboxylic acids is 1. The summed E-state index contributed by atoms with van der Waals surface area (Å²) in [6.45, 7) is 6.01. The Bertz CT molecular complexity index is 426. The van der Waals surface area contributed by atoms with Gasteiger partial charge in [-0.3, -0.25) is 4.79 Å². The molecule has 1 aromatic carbocycles. The smallest absolute Gasteiger partial charge is 0.260 e. The van der Waals surface area contributed by atoms with E-state index in [1.807, 2.05) is 16.7 Å². The maximum Gasteiger partial charge on any atom is 0.260 e. The van der Waals surface area contributed by atoms with Crippen molar-refractivity contribution in [1.29, 1.82) is 0 Å². The van der Waals surface area contributed by atoms with Gasteiger partial charge in [0, 0.05) is 29.3 Å². The maximum atomic E-state index is 12.1. The fourth-order valence-corrected chi connectivity index (χ4v) is 3.51. The Labute approximate surface area is 118 Å². The van der Waals surface area contributed by atoms with E-state index in [4.69, 9.17) is 10.5 Å². The molecule has 2 atom stereocenters. The van der Waals surface area contributed by atoms with Crippen LogP contribution in [0.5, 0.6) is 5.75 Å². The lowest BCUT2D eigenvalue weighted by atomic mass is 10.3. The number of amides is 1. The first kappa shape index (κ1) is 14.1. The summed E-state index contributed by atoms with van der Waals surface area (Å²) in [5.41, 5.74) is 6.29. The summed E-state index contributed by atoms with van der Waals surface area (Å²) >= 11 is 1.93. The number of hydrogen-bond acceptors (Lipinski definition) is 4. The lowest BCUT2D eigenvalue weighted by Crippen LogP contribution is -2.45. The third-order valence-corrected chi connectivity index (χ3v) is 4.24. The standard InChI is InChI=1S/C14H20N2O2S/c1-10-7-16(8-11(2)19-10)14(17)9-18-13-5-3-12(15)4-6-13/h3-6,10-11H,7-9,15H2,1-2H3. The van der Waals surface area contributed by atoms with Crippen LogP contribution in [-0.2, 0) is 4.79 Å². The van der Waals surface area contributed by atoms with Gasteiger partial charge in [0.1, 0.15) is 5.75 Å². The van der Waals surface area contributed by atoms with Gasteiger partial charge in [-0.05, 0) is 24.3 Å². The summed E-state index contributed by atoms with van der Waals surface area (Å²) in [5, 5.41) is 0.980. The van der Waals surface area contributed by atoms with E-state index in [9.17, 15) is 4.79 Å². The monoisotopic (exact) mass is 280 g/mol. The maximum absolute atomic E-state index is 12.1. The molecule has 2 rings (SSSR count). The molecule has 1 aliphatic heterocycles. The fraction of sp³-hybridized carbons (Fsp3) is 0.500. The van der Waals surface area contributed by atoms with E-state index >= 15 is 0 Å². The van der Waals surface area contributed by atoms with Crippen molar-refractivity contribution < 1.29 is 9.53 Å². The third-order valence-electron chi connectivity index (χ3n) is 3.01. The largest absolute Gasteiger partial charge is 0.484 e. The number of nitrogens with two attached hydrogens (primary N) is 1. The number of thioether (sulfide) groups is 1. The molecule has 104 valence electrons. The fourth-order valence-electron chi connectivity index (χ4n) is 2.18. The molecule has 1 aliphatic rings. The van der Waals surface area contributed by atoms with E-state index in [-0.39, 0.29) is 12.5 Å². The van der Waals surface area contributed by atoms with Crippen LogP contribution in [0.3, 0.4) is 0 Å². The number of carbonyl (C=O) groups is 1. The van der Waals surface area contributed by atoms with Crippen LogP contribution in [0.1, 0.15) is 13.8 Å². The van der Waals surface area contributed by atoms with Crippen molar-refractivity contribution >= 4 is 23.4 Å². The molecular formula is C14H20N2O2S. The van der Waals surface area contributed by atoms with Crippen molar-refractivity contribution in [3.63, 3.8) is 0 Å². The highest BCUT2D eigenvalue weighted by Crippen LogP contribution is 2.24. The van der Waals surface area contributed by atoms with E-state index < -0.39 is 0 Å². The molecule has 0 bridgehead atoms. The van der Waals surface area contributed by atoms with Crippen molar-refractivity contribution in [2.75, 3.05) is 25.4 Å². The number of anilines is 1. The zero-order valence-corrected chi connectivity index (χ0v) is 12.2. The molecule has 2 unspecified atom stereocenters. The van der Waals surface area contributed by atoms with Gasteiger partial charge in [0.2, 0.25) is 0 Å². The molecule has 4 nitrogen and oxygen atoms in total. The highest BCUT2D eigenvalue weighted by molar-refractivity contribution is 8.00. The van der Waals surface area contributed by atoms with Gasteiger partial charge in [-0.1, -0.05) is 13.8 Å². The van der Waals surface area contributed by atoms with Gasteiger partial charge in [-0.25, -0.2) is 0 Å². The second kappa shape index (κ2) is 6.19. The zero-order valence-electron chi connectivity index (χ0n) is 11.3. The molecule has 2 N–H and O–H groups in total. The van der Waals surface area contributed by atoms with Gasteiger partial charge in [0.25, 0.3) is 5.91 Å². The van der Waals surface area contributed by atoms with E-state index in [0.717, 1.165) is 13.1 Å². The van der Waals surface area contributed by atoms with E-state index in [0.29, 0.717) is 21.9 Å². The number of ether oxygens (including phenoxy) is 1. The third kappa shape index (κ3) is 4.06. The Hall–Kier alpha value is -1.36. The molecule has 1 heterocycles. The summed E-state index contributed by atoms with van der Waals surface area (Å²) in [6.07, 6.45) is 0. The van der Waals surface area contributed by atoms with Crippen molar-refractivity contribution in [2.45, 2.75) is 24.3 Å². The number of benzene rings is 1. The first-order chi connectivity index (χ1) is 9.04. The molecule has 0 spiro atoms. The van der Waals surface area contributed by atoms with Crippen LogP contribution in [-0.4, -0.2) is 41.0 Å². The van der Waals surface area contributed by atoms with Gasteiger partial charge in [0.15, 0.2) is 6.61 Å². The van der Waals surface area contributed by atoms with E-state index in [2.05, 4.69) is 13.8 Å². The van der Waals surface area contributed by atoms with Gasteiger partial charge in [-0.15, -0.1) is 0 Å². The Morgan fingerprint density at radius 2 is 1.89 bits per heavy atom. The minimum Gasteiger partial charge on any atom is -0.484 e. The molecule has 0 aromatic heterocycles. The number of nitrogen functional groups attached to an aromatic ring is 1. The summed E-state index contributed by atoms with van der Waals surface area (Å²) in [7, 11) is 0. The normalized spacial score (nSPS) is 23.2. The quantitative estimate of drug-likeness (QED) is 0.860. The first-order valence-corrected chi connectivity index (χ1v) is 7.40. The highest BCUT2D eigenvalue weighted by atomic mass is 32.2. The average molecular weight is 280 g/mol. The number of rotatable bonds is 3. The molecule has 1 amide bonds. The van der Waals surface area contributed by atoms with Gasteiger partial charge >= 0.3 is 0 Å². The predicted molar refractivity (Wildman–Crippen MR) is 79.4 cm³/mol. The van der Waals surface area contributed by atoms with Gasteiger partial charge in [-0.2, -0.15) is 11.8 Å². The Kier molecular flexibility index (Phi) is 4.58. The molecule has 5 heteroatoms. The minimum atomic E-state index is 0.0517. The molecule has 0 saturated carbocycles. The van der Waals surface area contributed by atoms with Crippen LogP contribution in [0, 0.1) is 0 Å². The summed E-state index contributed by atoms with van der Waals surface area (Å²) in [6, 6.07) is 7.09. The lowest BCUT2D eigenvalue weighted by Gasteiger charge is -2.34. The van der Waals surface area contributed by atoms with Crippen LogP contribution in [0.15, 0.2) is 24.3 Å². The Morgan fingerprint density at radius 3 is 2.47 bits per heavy atom. The molecule has 0 radical (unpaired) electrons. The minimum absolute atomic E-state index is 0.0517. The molecule has 19 heavy (non-hydrogen) atoms. The molecule has 1 aromatic rings. The second-order valence-electron chi connectivity index (χ2n) is 4.91. The Morgan fingerprint density at radius 1 is 1.32 bits per heavy atom. The van der Waals surface area contributed by atoms with Crippen LogP contribution < -0.4 is 10.5 Å². The second-order valence-corrected chi connectivity index (χ2v) is 6.80. The van der Waals surface area contributed by atoms with Gasteiger partial charge in [0.05, 0.1) is 0 Å². The Balaban J connectivity index is 1.85. The molecule has 0 aliphatic carbocycles. The summed E-state index contributed by atoms with van der Waals surface area (Å²) in [4.78, 5) is 14.0. The van der Waals surface area contributed by atoms with Crippen LogP contribution in [0.4, 0.5) is 5.69 Å².